The number of nitrogens with one attached hydrogen (secondary N) is 1. The fraction of sp³-hybridized carbons (Fsp3) is 0.750. The molecular weight excluding hydrogens is 511 g/mol. The number of hydrogen-bond acceptors (Lipinski definition) is 7. The summed E-state index contributed by atoms with van der Waals surface area (Å²) in [4.78, 5) is 26.4. The first-order chi connectivity index (χ1) is 19.1. The maximum absolute atomic E-state index is 14.0. The first-order valence-corrected chi connectivity index (χ1v) is 15.3. The highest BCUT2D eigenvalue weighted by atomic mass is 19.1. The molecule has 1 aliphatic carbocycles. The Morgan fingerprint density at radius 3 is 2.50 bits per heavy atom. The van der Waals surface area contributed by atoms with Gasteiger partial charge < -0.3 is 19.5 Å². The van der Waals surface area contributed by atoms with Crippen molar-refractivity contribution in [2.75, 3.05) is 32.9 Å². The summed E-state index contributed by atoms with van der Waals surface area (Å²) in [5.41, 5.74) is 0.796. The molecule has 1 aromatic rings. The molecule has 2 atom stereocenters. The van der Waals surface area contributed by atoms with Gasteiger partial charge in [-0.1, -0.05) is 13.8 Å². The van der Waals surface area contributed by atoms with Gasteiger partial charge in [0.2, 0.25) is 0 Å². The quantitative estimate of drug-likeness (QED) is 0.221. The molecule has 226 valence electrons. The van der Waals surface area contributed by atoms with Crippen LogP contribution >= 0.6 is 0 Å². The highest BCUT2D eigenvalue weighted by Gasteiger charge is 2.32. The molecule has 1 aliphatic heterocycles. The van der Waals surface area contributed by atoms with Crippen molar-refractivity contribution in [2.45, 2.75) is 116 Å². The molecule has 1 aromatic carbocycles. The van der Waals surface area contributed by atoms with Crippen LogP contribution in [0.4, 0.5) is 4.39 Å². The van der Waals surface area contributed by atoms with Crippen molar-refractivity contribution >= 4 is 11.6 Å². The van der Waals surface area contributed by atoms with Crippen molar-refractivity contribution in [1.29, 1.82) is 0 Å². The smallest absolute Gasteiger partial charge is 0.161 e. The molecule has 0 bridgehead atoms. The third-order valence-corrected chi connectivity index (χ3v) is 8.16. The van der Waals surface area contributed by atoms with Crippen LogP contribution < -0.4 is 10.1 Å². The lowest BCUT2D eigenvalue weighted by molar-refractivity contribution is -0.127. The molecule has 1 saturated carbocycles. The van der Waals surface area contributed by atoms with Crippen LogP contribution in [-0.2, 0) is 25.5 Å². The summed E-state index contributed by atoms with van der Waals surface area (Å²) >= 11 is 0. The van der Waals surface area contributed by atoms with E-state index in [1.54, 1.807) is 0 Å². The van der Waals surface area contributed by atoms with Gasteiger partial charge in [0.05, 0.1) is 6.10 Å². The molecule has 0 radical (unpaired) electrons. The summed E-state index contributed by atoms with van der Waals surface area (Å²) < 4.78 is 31.5. The van der Waals surface area contributed by atoms with Gasteiger partial charge in [0.15, 0.2) is 5.78 Å². The van der Waals surface area contributed by atoms with Crippen molar-refractivity contribution in [2.24, 2.45) is 5.92 Å². The van der Waals surface area contributed by atoms with Crippen molar-refractivity contribution in [3.8, 4) is 5.75 Å². The van der Waals surface area contributed by atoms with Gasteiger partial charge in [0.25, 0.3) is 0 Å². The number of ether oxygens (including phenoxy) is 3. The summed E-state index contributed by atoms with van der Waals surface area (Å²) in [6, 6.07) is 5.99. The molecular formula is C32H51FN2O5. The molecule has 3 rings (SSSR count). The highest BCUT2D eigenvalue weighted by molar-refractivity contribution is 5.81. The topological polar surface area (TPSA) is 77.1 Å². The molecule has 8 heteroatoms. The number of aryl methyl sites for hydroxylation is 1. The Balaban J connectivity index is 1.21. The molecule has 0 amide bonds. The maximum Gasteiger partial charge on any atom is 0.161 e. The number of hydrogen-bond donors (Lipinski definition) is 1. The minimum Gasteiger partial charge on any atom is -0.490 e. The van der Waals surface area contributed by atoms with Gasteiger partial charge in [-0.2, -0.15) is 0 Å². The Bertz CT molecular complexity index is 930. The van der Waals surface area contributed by atoms with Crippen molar-refractivity contribution in [3.05, 3.63) is 29.6 Å². The van der Waals surface area contributed by atoms with E-state index in [1.807, 2.05) is 19.9 Å². The summed E-state index contributed by atoms with van der Waals surface area (Å²) in [5, 5.41) is 3.63. The lowest BCUT2D eigenvalue weighted by Crippen LogP contribution is -2.55. The summed E-state index contributed by atoms with van der Waals surface area (Å²) in [6.07, 6.45) is 6.16. The molecule has 2 fully saturated rings. The molecule has 40 heavy (non-hydrogen) atoms. The average Bonchev–Trinajstić information content (AvgIpc) is 2.86. The number of carbonyl (C=O) groups is 2. The predicted octanol–water partition coefficient (Wildman–Crippen LogP) is 5.13. The molecule has 2 unspecified atom stereocenters. The number of rotatable bonds is 20. The zero-order valence-electron chi connectivity index (χ0n) is 25.3. The fourth-order valence-corrected chi connectivity index (χ4v) is 5.15. The van der Waals surface area contributed by atoms with Gasteiger partial charge in [-0.15, -0.1) is 0 Å². The van der Waals surface area contributed by atoms with E-state index in [0.29, 0.717) is 62.5 Å². The number of Topliss-reactive ketones (excluding diaryl/α,β-unsaturated/α-hetero) is 2. The molecule has 1 N–H and O–H groups in total. The number of ketones is 2. The number of carbonyl (C=O) groups excluding carboxylic acids is 2. The van der Waals surface area contributed by atoms with Crippen molar-refractivity contribution in [1.82, 2.24) is 10.2 Å². The van der Waals surface area contributed by atoms with Crippen LogP contribution in [0.2, 0.25) is 0 Å². The second kappa shape index (κ2) is 16.5. The van der Waals surface area contributed by atoms with Gasteiger partial charge >= 0.3 is 0 Å². The van der Waals surface area contributed by atoms with E-state index in [0.717, 1.165) is 50.8 Å². The SMILES string of the molecule is CCC(=O)CCc1cc(F)cc(O[C@H]2C[C@@H](NC(C)CCC(C)C(=O)COCCCOC3CN(C(C)C)C3)C2)c1. The van der Waals surface area contributed by atoms with Crippen LogP contribution in [0.25, 0.3) is 0 Å². The Hall–Kier alpha value is -1.87. The normalized spacial score (nSPS) is 21.1. The monoisotopic (exact) mass is 562 g/mol. The van der Waals surface area contributed by atoms with Gasteiger partial charge in [-0.05, 0) is 77.0 Å². The first-order valence-electron chi connectivity index (χ1n) is 15.3. The van der Waals surface area contributed by atoms with Crippen LogP contribution in [0.3, 0.4) is 0 Å². The second-order valence-corrected chi connectivity index (χ2v) is 12.1. The van der Waals surface area contributed by atoms with Crippen LogP contribution in [-0.4, -0.2) is 79.7 Å². The fourth-order valence-electron chi connectivity index (χ4n) is 5.15. The summed E-state index contributed by atoms with van der Waals surface area (Å²) in [7, 11) is 0. The zero-order valence-corrected chi connectivity index (χ0v) is 25.3. The minimum absolute atomic E-state index is 0.0234. The standard InChI is InChI=1S/C32H51FN2O5/c1-6-28(36)11-10-25-14-26(33)16-29(15-25)40-30-17-27(18-30)34-24(5)9-8-23(4)32(37)21-38-12-7-13-39-31-19-35(20-31)22(2)3/h14-16,22-24,27,30-31,34H,6-13,17-21H2,1-5H3/t23?,24?,27-,30+. The van der Waals surface area contributed by atoms with Crippen molar-refractivity contribution < 1.29 is 28.2 Å². The Morgan fingerprint density at radius 1 is 1.05 bits per heavy atom. The lowest BCUT2D eigenvalue weighted by Gasteiger charge is -2.41. The van der Waals surface area contributed by atoms with Crippen molar-refractivity contribution in [3.63, 3.8) is 0 Å². The summed E-state index contributed by atoms with van der Waals surface area (Å²) in [5.74, 6) is 0.521. The van der Waals surface area contributed by atoms with Gasteiger partial charge in [0.1, 0.15) is 30.1 Å². The first kappa shape index (κ1) is 32.6. The highest BCUT2D eigenvalue weighted by Crippen LogP contribution is 2.28. The van der Waals surface area contributed by atoms with Crippen LogP contribution in [0, 0.1) is 11.7 Å². The van der Waals surface area contributed by atoms with E-state index >= 15 is 0 Å². The largest absolute Gasteiger partial charge is 0.490 e. The summed E-state index contributed by atoms with van der Waals surface area (Å²) in [6.45, 7) is 13.8. The minimum atomic E-state index is -0.329. The van der Waals surface area contributed by atoms with E-state index in [2.05, 4.69) is 31.0 Å². The van der Waals surface area contributed by atoms with E-state index in [4.69, 9.17) is 14.2 Å². The van der Waals surface area contributed by atoms with E-state index < -0.39 is 0 Å². The molecule has 0 spiro atoms. The molecule has 1 heterocycles. The number of nitrogens with zero attached hydrogens (tertiary/aromatic N) is 1. The molecule has 2 aliphatic rings. The Labute approximate surface area is 240 Å². The van der Waals surface area contributed by atoms with Gasteiger partial charge in [-0.3, -0.25) is 14.5 Å². The molecule has 7 nitrogen and oxygen atoms in total. The van der Waals surface area contributed by atoms with Crippen LogP contribution in [0.5, 0.6) is 5.75 Å². The third-order valence-electron chi connectivity index (χ3n) is 8.16. The molecule has 0 aromatic heterocycles. The maximum atomic E-state index is 14.0. The number of halogens is 1. The van der Waals surface area contributed by atoms with Gasteiger partial charge in [-0.25, -0.2) is 4.39 Å². The van der Waals surface area contributed by atoms with E-state index in [9.17, 15) is 14.0 Å². The van der Waals surface area contributed by atoms with Crippen LogP contribution in [0.15, 0.2) is 18.2 Å². The Kier molecular flexibility index (Phi) is 13.5. The average molecular weight is 563 g/mol. The lowest BCUT2D eigenvalue weighted by atomic mass is 9.88. The number of benzene rings is 1. The zero-order chi connectivity index (χ0) is 29.1. The van der Waals surface area contributed by atoms with E-state index in [1.165, 1.54) is 12.1 Å². The molecule has 1 saturated heterocycles. The third kappa shape index (κ3) is 11.2. The number of likely N-dealkylation sites (tertiary alicyclic amines) is 1. The Morgan fingerprint density at radius 2 is 1.80 bits per heavy atom. The predicted molar refractivity (Wildman–Crippen MR) is 155 cm³/mol. The van der Waals surface area contributed by atoms with Crippen LogP contribution in [0.1, 0.15) is 85.1 Å². The van der Waals surface area contributed by atoms with E-state index in [-0.39, 0.29) is 36.0 Å². The second-order valence-electron chi connectivity index (χ2n) is 12.1. The van der Waals surface area contributed by atoms with Gasteiger partial charge in [0, 0.05) is 69.3 Å².